The normalized spacial score (nSPS) is 23.3. The molecule has 1 unspecified atom stereocenters. The number of hydrogen-bond acceptors (Lipinski definition) is 3. The second-order valence-corrected chi connectivity index (χ2v) is 4.69. The monoisotopic (exact) mass is 212 g/mol. The second-order valence-electron chi connectivity index (χ2n) is 4.69. The molecular formula is C11H20N2O2. The maximum atomic E-state index is 12.1. The summed E-state index contributed by atoms with van der Waals surface area (Å²) >= 11 is 0. The van der Waals surface area contributed by atoms with Crippen molar-refractivity contribution in [1.29, 1.82) is 0 Å². The van der Waals surface area contributed by atoms with Gasteiger partial charge in [-0.1, -0.05) is 6.92 Å². The summed E-state index contributed by atoms with van der Waals surface area (Å²) < 4.78 is 0. The predicted molar refractivity (Wildman–Crippen MR) is 57.3 cm³/mol. The van der Waals surface area contributed by atoms with Crippen LogP contribution in [0.1, 0.15) is 19.8 Å². The number of nitrogens with one attached hydrogen (secondary N) is 1. The summed E-state index contributed by atoms with van der Waals surface area (Å²) in [7, 11) is 0. The second kappa shape index (κ2) is 4.49. The van der Waals surface area contributed by atoms with E-state index in [-0.39, 0.29) is 18.4 Å². The van der Waals surface area contributed by atoms with E-state index in [1.54, 1.807) is 0 Å². The van der Waals surface area contributed by atoms with Gasteiger partial charge in [-0.3, -0.25) is 4.79 Å². The zero-order valence-electron chi connectivity index (χ0n) is 9.28. The zero-order chi connectivity index (χ0) is 10.8. The van der Waals surface area contributed by atoms with Gasteiger partial charge < -0.3 is 15.3 Å². The van der Waals surface area contributed by atoms with Crippen LogP contribution >= 0.6 is 0 Å². The van der Waals surface area contributed by atoms with Crippen molar-refractivity contribution < 1.29 is 9.90 Å². The molecule has 1 heterocycles. The van der Waals surface area contributed by atoms with Crippen LogP contribution in [0.4, 0.5) is 0 Å². The Bertz CT molecular complexity index is 237. The highest BCUT2D eigenvalue weighted by Gasteiger charge is 2.37. The van der Waals surface area contributed by atoms with E-state index in [0.717, 1.165) is 25.9 Å². The smallest absolute Gasteiger partial charge is 0.226 e. The highest BCUT2D eigenvalue weighted by molar-refractivity contribution is 5.79. The maximum Gasteiger partial charge on any atom is 0.226 e. The topological polar surface area (TPSA) is 52.6 Å². The van der Waals surface area contributed by atoms with Gasteiger partial charge in [-0.2, -0.15) is 0 Å². The molecule has 2 rings (SSSR count). The zero-order valence-corrected chi connectivity index (χ0v) is 9.28. The Morgan fingerprint density at radius 3 is 2.60 bits per heavy atom. The lowest BCUT2D eigenvalue weighted by Gasteiger charge is -2.35. The standard InChI is InChI=1S/C11H20N2O2/c1-8(9-6-12-7-9)11(15)13(4-5-14)10-2-3-10/h8-10,12,14H,2-7H2,1H3. The molecule has 0 aromatic rings. The number of hydrogen-bond donors (Lipinski definition) is 2. The number of rotatable bonds is 5. The van der Waals surface area contributed by atoms with Gasteiger partial charge in [-0.05, 0) is 31.8 Å². The first-order chi connectivity index (χ1) is 7.24. The summed E-state index contributed by atoms with van der Waals surface area (Å²) in [6, 6.07) is 0.417. The van der Waals surface area contributed by atoms with Crippen molar-refractivity contribution in [2.45, 2.75) is 25.8 Å². The molecule has 0 bridgehead atoms. The maximum absolute atomic E-state index is 12.1. The molecule has 2 aliphatic rings. The highest BCUT2D eigenvalue weighted by atomic mass is 16.3. The molecule has 15 heavy (non-hydrogen) atoms. The number of carbonyl (C=O) groups is 1. The lowest BCUT2D eigenvalue weighted by molar-refractivity contribution is -0.138. The van der Waals surface area contributed by atoms with Gasteiger partial charge in [0.1, 0.15) is 0 Å². The van der Waals surface area contributed by atoms with Crippen molar-refractivity contribution in [2.24, 2.45) is 11.8 Å². The molecule has 4 heteroatoms. The third-order valence-electron chi connectivity index (χ3n) is 3.52. The first kappa shape index (κ1) is 10.9. The van der Waals surface area contributed by atoms with Gasteiger partial charge in [-0.15, -0.1) is 0 Å². The van der Waals surface area contributed by atoms with Gasteiger partial charge in [0.25, 0.3) is 0 Å². The van der Waals surface area contributed by atoms with Crippen LogP contribution in [0.2, 0.25) is 0 Å². The minimum absolute atomic E-state index is 0.0812. The molecule has 0 aromatic carbocycles. The van der Waals surface area contributed by atoms with Crippen LogP contribution in [0.15, 0.2) is 0 Å². The van der Waals surface area contributed by atoms with Crippen molar-refractivity contribution in [2.75, 3.05) is 26.2 Å². The number of amides is 1. The number of carbonyl (C=O) groups excluding carboxylic acids is 1. The molecule has 86 valence electrons. The fourth-order valence-electron chi connectivity index (χ4n) is 2.09. The van der Waals surface area contributed by atoms with E-state index in [9.17, 15) is 4.79 Å². The molecule has 2 N–H and O–H groups in total. The van der Waals surface area contributed by atoms with E-state index in [4.69, 9.17) is 5.11 Å². The third kappa shape index (κ3) is 2.32. The summed E-state index contributed by atoms with van der Waals surface area (Å²) in [6.07, 6.45) is 2.22. The van der Waals surface area contributed by atoms with Crippen LogP contribution in [0, 0.1) is 11.8 Å². The molecule has 1 aliphatic carbocycles. The fourth-order valence-corrected chi connectivity index (χ4v) is 2.09. The van der Waals surface area contributed by atoms with Crippen molar-refractivity contribution in [3.8, 4) is 0 Å². The third-order valence-corrected chi connectivity index (χ3v) is 3.52. The van der Waals surface area contributed by atoms with Crippen molar-refractivity contribution in [1.82, 2.24) is 10.2 Å². The Morgan fingerprint density at radius 2 is 2.20 bits per heavy atom. The van der Waals surface area contributed by atoms with Crippen LogP contribution < -0.4 is 5.32 Å². The molecule has 1 aliphatic heterocycles. The summed E-state index contributed by atoms with van der Waals surface area (Å²) in [5.41, 5.74) is 0. The molecule has 0 aromatic heterocycles. The largest absolute Gasteiger partial charge is 0.395 e. The van der Waals surface area contributed by atoms with E-state index in [2.05, 4.69) is 5.32 Å². The first-order valence-electron chi connectivity index (χ1n) is 5.86. The fraction of sp³-hybridized carbons (Fsp3) is 0.909. The van der Waals surface area contributed by atoms with Crippen LogP contribution in [0.25, 0.3) is 0 Å². The number of nitrogens with zero attached hydrogens (tertiary/aromatic N) is 1. The van der Waals surface area contributed by atoms with Gasteiger partial charge in [0.05, 0.1) is 6.61 Å². The first-order valence-corrected chi connectivity index (χ1v) is 5.86. The Labute approximate surface area is 90.6 Å². The highest BCUT2D eigenvalue weighted by Crippen LogP contribution is 2.29. The average molecular weight is 212 g/mol. The molecule has 1 saturated heterocycles. The van der Waals surface area contributed by atoms with Crippen LogP contribution in [-0.4, -0.2) is 48.2 Å². The van der Waals surface area contributed by atoms with Crippen molar-refractivity contribution in [3.05, 3.63) is 0 Å². The SMILES string of the molecule is CC(C(=O)N(CCO)C1CC1)C1CNC1. The molecule has 2 fully saturated rings. The van der Waals surface area contributed by atoms with Gasteiger partial charge in [-0.25, -0.2) is 0 Å². The van der Waals surface area contributed by atoms with Crippen molar-refractivity contribution >= 4 is 5.91 Å². The molecule has 0 spiro atoms. The van der Waals surface area contributed by atoms with E-state index in [0.29, 0.717) is 18.5 Å². The molecule has 4 nitrogen and oxygen atoms in total. The summed E-state index contributed by atoms with van der Waals surface area (Å²) in [5.74, 6) is 0.842. The lowest BCUT2D eigenvalue weighted by atomic mass is 9.88. The van der Waals surface area contributed by atoms with Gasteiger partial charge in [0.2, 0.25) is 5.91 Å². The van der Waals surface area contributed by atoms with E-state index in [1.165, 1.54) is 0 Å². The summed E-state index contributed by atoms with van der Waals surface area (Å²) in [4.78, 5) is 14.0. The number of aliphatic hydroxyl groups excluding tert-OH is 1. The Hall–Kier alpha value is -0.610. The van der Waals surface area contributed by atoms with Gasteiger partial charge in [0.15, 0.2) is 0 Å². The molecule has 0 radical (unpaired) electrons. The summed E-state index contributed by atoms with van der Waals surface area (Å²) in [5, 5.41) is 12.1. The minimum atomic E-state index is 0.0812. The quantitative estimate of drug-likeness (QED) is 0.665. The Morgan fingerprint density at radius 1 is 1.53 bits per heavy atom. The van der Waals surface area contributed by atoms with Crippen LogP contribution in [-0.2, 0) is 4.79 Å². The van der Waals surface area contributed by atoms with E-state index >= 15 is 0 Å². The molecule has 1 atom stereocenters. The molecule has 1 saturated carbocycles. The van der Waals surface area contributed by atoms with Gasteiger partial charge in [0, 0.05) is 18.5 Å². The Kier molecular flexibility index (Phi) is 3.26. The predicted octanol–water partition coefficient (Wildman–Crippen LogP) is -0.175. The van der Waals surface area contributed by atoms with Crippen LogP contribution in [0.5, 0.6) is 0 Å². The van der Waals surface area contributed by atoms with E-state index < -0.39 is 0 Å². The van der Waals surface area contributed by atoms with Crippen LogP contribution in [0.3, 0.4) is 0 Å². The average Bonchev–Trinajstić information content (AvgIpc) is 2.93. The Balaban J connectivity index is 1.90. The van der Waals surface area contributed by atoms with Crippen molar-refractivity contribution in [3.63, 3.8) is 0 Å². The molecule has 1 amide bonds. The lowest BCUT2D eigenvalue weighted by Crippen LogP contribution is -2.51. The number of aliphatic hydroxyl groups is 1. The van der Waals surface area contributed by atoms with Gasteiger partial charge >= 0.3 is 0 Å². The molecular weight excluding hydrogens is 192 g/mol. The summed E-state index contributed by atoms with van der Waals surface area (Å²) in [6.45, 7) is 4.53. The van der Waals surface area contributed by atoms with E-state index in [1.807, 2.05) is 11.8 Å². The minimum Gasteiger partial charge on any atom is -0.395 e.